The molecule has 0 aromatic heterocycles. The van der Waals surface area contributed by atoms with Crippen LogP contribution in [-0.2, 0) is 16.0 Å². The molecule has 17 heavy (non-hydrogen) atoms. The van der Waals surface area contributed by atoms with Crippen LogP contribution in [0.15, 0.2) is 24.3 Å². The quantitative estimate of drug-likeness (QED) is 0.693. The van der Waals surface area contributed by atoms with Crippen molar-refractivity contribution in [1.29, 1.82) is 0 Å². The average molecular weight is 231 g/mol. The van der Waals surface area contributed by atoms with E-state index in [1.54, 1.807) is 24.3 Å². The molecule has 1 aliphatic heterocycles. The molecule has 6 heteroatoms. The van der Waals surface area contributed by atoms with Crippen LogP contribution in [0.25, 0.3) is 0 Å². The number of carbonyl (C=O) groups is 2. The number of cyclic esters (lactones) is 1. The maximum atomic E-state index is 11.0. The number of carboxylic acid groups (broad SMARTS) is 1. The van der Waals surface area contributed by atoms with Gasteiger partial charge in [-0.1, -0.05) is 29.7 Å². The fraction of sp³-hybridized carbons (Fsp3) is 0.273. The highest BCUT2D eigenvalue weighted by molar-refractivity contribution is 6.32. The Morgan fingerprint density at radius 1 is 1.41 bits per heavy atom. The Morgan fingerprint density at radius 3 is 2.65 bits per heavy atom. The second-order valence-electron chi connectivity index (χ2n) is 3.86. The highest BCUT2D eigenvalue weighted by atomic mass is 16.6. The number of alkyl carbamates (subject to hydrolysis) is 1. The lowest BCUT2D eigenvalue weighted by Crippen LogP contribution is -2.38. The van der Waals surface area contributed by atoms with Crippen LogP contribution in [0, 0.1) is 0 Å². The molecule has 1 amide bonds. The first-order valence-electron chi connectivity index (χ1n) is 5.10. The van der Waals surface area contributed by atoms with Crippen molar-refractivity contribution in [3.63, 3.8) is 0 Å². The van der Waals surface area contributed by atoms with Crippen LogP contribution in [0.5, 0.6) is 0 Å². The number of hydrogen-bond acceptors (Lipinski definition) is 3. The van der Waals surface area contributed by atoms with Crippen LogP contribution in [0.4, 0.5) is 4.79 Å². The van der Waals surface area contributed by atoms with Gasteiger partial charge in [-0.05, 0) is 12.0 Å². The lowest BCUT2D eigenvalue weighted by atomic mass is 9.93. The molecule has 0 bridgehead atoms. The van der Waals surface area contributed by atoms with Crippen LogP contribution < -0.4 is 10.8 Å². The largest absolute Gasteiger partial charge is 0.478 e. The van der Waals surface area contributed by atoms with E-state index in [1.807, 2.05) is 0 Å². The summed E-state index contributed by atoms with van der Waals surface area (Å²) in [7, 11) is 5.54. The van der Waals surface area contributed by atoms with Gasteiger partial charge in [-0.2, -0.15) is 0 Å². The molecule has 1 aromatic carbocycles. The van der Waals surface area contributed by atoms with Crippen LogP contribution in [0.1, 0.15) is 5.56 Å². The molecule has 0 spiro atoms. The summed E-state index contributed by atoms with van der Waals surface area (Å²) in [6, 6.07) is 6.48. The van der Waals surface area contributed by atoms with Gasteiger partial charge in [0.1, 0.15) is 7.85 Å². The Morgan fingerprint density at radius 2 is 2.06 bits per heavy atom. The van der Waals surface area contributed by atoms with Crippen LogP contribution in [0.3, 0.4) is 0 Å². The molecule has 1 aromatic rings. The molecule has 1 fully saturated rings. The van der Waals surface area contributed by atoms with Crippen LogP contribution in [-0.4, -0.2) is 37.2 Å². The zero-order valence-corrected chi connectivity index (χ0v) is 8.92. The normalized spacial score (nSPS) is 22.9. The number of carbonyl (C=O) groups excluding carboxylic acids is 1. The lowest BCUT2D eigenvalue weighted by Gasteiger charge is -2.13. The van der Waals surface area contributed by atoms with Gasteiger partial charge >= 0.3 is 12.1 Å². The Kier molecular flexibility index (Phi) is 3.04. The van der Waals surface area contributed by atoms with Gasteiger partial charge < -0.3 is 15.2 Å². The molecule has 2 atom stereocenters. The molecule has 1 aliphatic rings. The van der Waals surface area contributed by atoms with E-state index >= 15 is 0 Å². The fourth-order valence-electron chi connectivity index (χ4n) is 1.75. The standard InChI is InChI=1S/C11H10BNO4/c12-7-3-1-6(2-4-7)5-8-9(10(14)15)17-11(16)13-8/h1-4,8-9H,5H2,(H,13,16)(H,14,15)/t8-,9+/m1/s1. The van der Waals surface area contributed by atoms with E-state index in [9.17, 15) is 9.59 Å². The minimum Gasteiger partial charge on any atom is -0.478 e. The van der Waals surface area contributed by atoms with Gasteiger partial charge in [0.2, 0.25) is 6.10 Å². The predicted molar refractivity (Wildman–Crippen MR) is 60.4 cm³/mol. The minimum atomic E-state index is -1.15. The maximum Gasteiger partial charge on any atom is 0.408 e. The summed E-state index contributed by atoms with van der Waals surface area (Å²) in [5, 5.41) is 11.4. The van der Waals surface area contributed by atoms with E-state index in [0.717, 1.165) is 5.56 Å². The summed E-state index contributed by atoms with van der Waals surface area (Å²) in [5.41, 5.74) is 1.52. The van der Waals surface area contributed by atoms with Gasteiger partial charge in [0.15, 0.2) is 0 Å². The number of nitrogens with one attached hydrogen (secondary N) is 1. The summed E-state index contributed by atoms with van der Waals surface area (Å²) < 4.78 is 4.66. The SMILES string of the molecule is [B]c1ccc(C[C@H]2NC(=O)O[C@@H]2C(=O)O)cc1. The fourth-order valence-corrected chi connectivity index (χ4v) is 1.75. The zero-order chi connectivity index (χ0) is 12.4. The van der Waals surface area contributed by atoms with Gasteiger partial charge in [-0.15, -0.1) is 0 Å². The first-order chi connectivity index (χ1) is 8.06. The third-order valence-electron chi connectivity index (χ3n) is 2.58. The molecule has 2 radical (unpaired) electrons. The molecule has 86 valence electrons. The van der Waals surface area contributed by atoms with Gasteiger partial charge in [0.05, 0.1) is 6.04 Å². The van der Waals surface area contributed by atoms with Crippen molar-refractivity contribution < 1.29 is 19.4 Å². The van der Waals surface area contributed by atoms with Crippen molar-refractivity contribution in [3.05, 3.63) is 29.8 Å². The molecule has 5 nitrogen and oxygen atoms in total. The monoisotopic (exact) mass is 231 g/mol. The summed E-state index contributed by atoms with van der Waals surface area (Å²) in [5.74, 6) is -1.15. The summed E-state index contributed by atoms with van der Waals surface area (Å²) in [6.07, 6.45) is -1.44. The smallest absolute Gasteiger partial charge is 0.408 e. The zero-order valence-electron chi connectivity index (χ0n) is 8.92. The third kappa shape index (κ3) is 2.58. The van der Waals surface area contributed by atoms with E-state index in [0.29, 0.717) is 11.9 Å². The first kappa shape index (κ1) is 11.5. The number of benzene rings is 1. The maximum absolute atomic E-state index is 11.0. The molecule has 0 aliphatic carbocycles. The van der Waals surface area contributed by atoms with Crippen molar-refractivity contribution >= 4 is 25.4 Å². The lowest BCUT2D eigenvalue weighted by molar-refractivity contribution is -0.145. The third-order valence-corrected chi connectivity index (χ3v) is 2.58. The van der Waals surface area contributed by atoms with E-state index in [2.05, 4.69) is 10.1 Å². The summed E-state index contributed by atoms with van der Waals surface area (Å²) >= 11 is 0. The van der Waals surface area contributed by atoms with Crippen molar-refractivity contribution in [2.45, 2.75) is 18.6 Å². The highest BCUT2D eigenvalue weighted by Gasteiger charge is 2.39. The topological polar surface area (TPSA) is 75.6 Å². The van der Waals surface area contributed by atoms with Gasteiger partial charge in [-0.3, -0.25) is 0 Å². The molecular weight excluding hydrogens is 221 g/mol. The number of rotatable bonds is 3. The van der Waals surface area contributed by atoms with Crippen LogP contribution in [0.2, 0.25) is 0 Å². The second-order valence-corrected chi connectivity index (χ2v) is 3.86. The van der Waals surface area contributed by atoms with Crippen LogP contribution >= 0.6 is 0 Å². The molecular formula is C11H10BNO4. The van der Waals surface area contributed by atoms with Crippen molar-refractivity contribution in [2.75, 3.05) is 0 Å². The minimum absolute atomic E-state index is 0.392. The summed E-state index contributed by atoms with van der Waals surface area (Å²) in [6.45, 7) is 0. The van der Waals surface area contributed by atoms with E-state index in [-0.39, 0.29) is 0 Å². The molecule has 0 unspecified atom stereocenters. The molecule has 2 N–H and O–H groups in total. The summed E-state index contributed by atoms with van der Waals surface area (Å²) in [4.78, 5) is 21.9. The molecule has 2 rings (SSSR count). The second kappa shape index (κ2) is 4.49. The number of carboxylic acids is 1. The van der Waals surface area contributed by atoms with Crippen molar-refractivity contribution in [2.24, 2.45) is 0 Å². The Hall–Kier alpha value is -1.98. The van der Waals surface area contributed by atoms with Gasteiger partial charge in [-0.25, -0.2) is 9.59 Å². The number of amides is 1. The highest BCUT2D eigenvalue weighted by Crippen LogP contribution is 2.14. The number of hydrogen-bond donors (Lipinski definition) is 2. The Labute approximate surface area is 99.2 Å². The number of aliphatic carboxylic acids is 1. The molecule has 0 saturated carbocycles. The van der Waals surface area contributed by atoms with Crippen molar-refractivity contribution in [3.8, 4) is 0 Å². The van der Waals surface area contributed by atoms with E-state index in [4.69, 9.17) is 13.0 Å². The van der Waals surface area contributed by atoms with E-state index < -0.39 is 24.2 Å². The average Bonchev–Trinajstić information content (AvgIpc) is 2.63. The predicted octanol–water partition coefficient (Wildman–Crippen LogP) is -0.415. The van der Waals surface area contributed by atoms with Gasteiger partial charge in [0, 0.05) is 0 Å². The molecule has 1 heterocycles. The van der Waals surface area contributed by atoms with E-state index in [1.165, 1.54) is 0 Å². The number of ether oxygens (including phenoxy) is 1. The first-order valence-corrected chi connectivity index (χ1v) is 5.10. The molecule has 1 saturated heterocycles. The Bertz CT molecular complexity index is 445. The Balaban J connectivity index is 2.09. The van der Waals surface area contributed by atoms with Gasteiger partial charge in [0.25, 0.3) is 0 Å². The van der Waals surface area contributed by atoms with Crippen molar-refractivity contribution in [1.82, 2.24) is 5.32 Å².